The van der Waals surface area contributed by atoms with Crippen molar-refractivity contribution in [3.05, 3.63) is 34.3 Å². The first-order chi connectivity index (χ1) is 9.74. The second-order valence-corrected chi connectivity index (χ2v) is 7.86. The van der Waals surface area contributed by atoms with Crippen molar-refractivity contribution in [2.75, 3.05) is 6.54 Å². The second kappa shape index (κ2) is 8.19. The molecule has 0 saturated heterocycles. The molecule has 120 valence electrons. The van der Waals surface area contributed by atoms with E-state index in [0.717, 1.165) is 18.0 Å². The number of rotatable bonds is 7. The van der Waals surface area contributed by atoms with Gasteiger partial charge in [0.2, 0.25) is 0 Å². The third-order valence-electron chi connectivity index (χ3n) is 4.47. The van der Waals surface area contributed by atoms with Crippen LogP contribution in [0.2, 0.25) is 5.02 Å². The number of benzene rings is 1. The fraction of sp³-hybridized carbons (Fsp3) is 0.684. The average Bonchev–Trinajstić information content (AvgIpc) is 2.37. The monoisotopic (exact) mass is 309 g/mol. The molecular weight excluding hydrogens is 278 g/mol. The Morgan fingerprint density at radius 1 is 1.24 bits per heavy atom. The maximum absolute atomic E-state index is 6.41. The van der Waals surface area contributed by atoms with Gasteiger partial charge in [-0.05, 0) is 61.3 Å². The topological polar surface area (TPSA) is 12.0 Å². The molecule has 0 aliphatic rings. The minimum atomic E-state index is 0.350. The molecule has 0 radical (unpaired) electrons. The molecule has 1 aromatic carbocycles. The number of aryl methyl sites for hydroxylation is 1. The summed E-state index contributed by atoms with van der Waals surface area (Å²) in [5.74, 6) is 0.677. The highest BCUT2D eigenvalue weighted by molar-refractivity contribution is 6.31. The molecule has 2 heteroatoms. The zero-order chi connectivity index (χ0) is 16.0. The van der Waals surface area contributed by atoms with E-state index in [2.05, 4.69) is 65.1 Å². The van der Waals surface area contributed by atoms with Gasteiger partial charge in [0, 0.05) is 11.1 Å². The Hall–Kier alpha value is -0.530. The van der Waals surface area contributed by atoms with Crippen LogP contribution in [0.1, 0.15) is 58.6 Å². The van der Waals surface area contributed by atoms with Crippen LogP contribution in [0.25, 0.3) is 0 Å². The van der Waals surface area contributed by atoms with Crippen molar-refractivity contribution < 1.29 is 0 Å². The largest absolute Gasteiger partial charge is 0.314 e. The Morgan fingerprint density at radius 3 is 2.43 bits per heavy atom. The van der Waals surface area contributed by atoms with Crippen molar-refractivity contribution in [1.82, 2.24) is 5.32 Å². The molecule has 21 heavy (non-hydrogen) atoms. The van der Waals surface area contributed by atoms with Crippen LogP contribution in [0, 0.1) is 18.3 Å². The summed E-state index contributed by atoms with van der Waals surface area (Å²) >= 11 is 6.41. The van der Waals surface area contributed by atoms with Crippen LogP contribution in [-0.4, -0.2) is 12.6 Å². The molecule has 0 aliphatic heterocycles. The minimum Gasteiger partial charge on any atom is -0.314 e. The molecule has 1 nitrogen and oxygen atoms in total. The molecule has 0 bridgehead atoms. The van der Waals surface area contributed by atoms with Gasteiger partial charge >= 0.3 is 0 Å². The van der Waals surface area contributed by atoms with Crippen LogP contribution in [0.5, 0.6) is 0 Å². The van der Waals surface area contributed by atoms with Crippen molar-refractivity contribution in [3.8, 4) is 0 Å². The molecular formula is C19H32ClN. The predicted octanol–water partition coefficient (Wildman–Crippen LogP) is 5.63. The lowest BCUT2D eigenvalue weighted by Gasteiger charge is -2.31. The van der Waals surface area contributed by atoms with Gasteiger partial charge in [-0.15, -0.1) is 0 Å². The Labute approximate surface area is 136 Å². The maximum atomic E-state index is 6.41. The highest BCUT2D eigenvalue weighted by Gasteiger charge is 2.23. The van der Waals surface area contributed by atoms with Crippen molar-refractivity contribution in [2.24, 2.45) is 11.3 Å². The Bertz CT molecular complexity index is 434. The fourth-order valence-corrected chi connectivity index (χ4v) is 2.76. The molecule has 1 aromatic rings. The lowest BCUT2D eigenvalue weighted by molar-refractivity contribution is 0.222. The molecule has 0 aromatic heterocycles. The van der Waals surface area contributed by atoms with E-state index < -0.39 is 0 Å². The summed E-state index contributed by atoms with van der Waals surface area (Å²) in [7, 11) is 0. The fourth-order valence-electron chi connectivity index (χ4n) is 2.45. The van der Waals surface area contributed by atoms with Crippen molar-refractivity contribution in [2.45, 2.75) is 66.8 Å². The summed E-state index contributed by atoms with van der Waals surface area (Å²) < 4.78 is 0. The highest BCUT2D eigenvalue weighted by atomic mass is 35.5. The van der Waals surface area contributed by atoms with E-state index in [-0.39, 0.29) is 0 Å². The van der Waals surface area contributed by atoms with Gasteiger partial charge in [-0.2, -0.15) is 0 Å². The van der Waals surface area contributed by atoms with Crippen molar-refractivity contribution in [1.29, 1.82) is 0 Å². The normalized spacial score (nSPS) is 15.0. The van der Waals surface area contributed by atoms with Gasteiger partial charge in [-0.1, -0.05) is 58.4 Å². The van der Waals surface area contributed by atoms with E-state index >= 15 is 0 Å². The molecule has 1 rings (SSSR count). The van der Waals surface area contributed by atoms with Gasteiger partial charge in [0.15, 0.2) is 0 Å². The molecule has 2 unspecified atom stereocenters. The average molecular weight is 310 g/mol. The molecule has 0 spiro atoms. The van der Waals surface area contributed by atoms with E-state index in [1.165, 1.54) is 24.0 Å². The molecule has 0 saturated carbocycles. The van der Waals surface area contributed by atoms with Crippen LogP contribution in [-0.2, 0) is 6.42 Å². The molecule has 0 aliphatic carbocycles. The van der Waals surface area contributed by atoms with Gasteiger partial charge in [0.05, 0.1) is 0 Å². The first kappa shape index (κ1) is 18.5. The Balaban J connectivity index is 2.77. The summed E-state index contributed by atoms with van der Waals surface area (Å²) in [6, 6.07) is 6.91. The number of hydrogen-bond donors (Lipinski definition) is 1. The van der Waals surface area contributed by atoms with E-state index in [1.807, 2.05) is 0 Å². The summed E-state index contributed by atoms with van der Waals surface area (Å²) in [6.07, 6.45) is 3.37. The molecule has 1 N–H and O–H groups in total. The number of hydrogen-bond acceptors (Lipinski definition) is 1. The summed E-state index contributed by atoms with van der Waals surface area (Å²) in [5, 5.41) is 4.61. The van der Waals surface area contributed by atoms with E-state index in [0.29, 0.717) is 17.4 Å². The maximum Gasteiger partial charge on any atom is 0.0441 e. The predicted molar refractivity (Wildman–Crippen MR) is 95.2 cm³/mol. The van der Waals surface area contributed by atoms with Gasteiger partial charge in [0.25, 0.3) is 0 Å². The smallest absolute Gasteiger partial charge is 0.0441 e. The third-order valence-corrected chi connectivity index (χ3v) is 4.83. The van der Waals surface area contributed by atoms with Crippen molar-refractivity contribution in [3.63, 3.8) is 0 Å². The van der Waals surface area contributed by atoms with Crippen LogP contribution < -0.4 is 5.32 Å². The lowest BCUT2D eigenvalue weighted by atomic mass is 9.77. The van der Waals surface area contributed by atoms with Crippen LogP contribution in [0.3, 0.4) is 0 Å². The Kier molecular flexibility index (Phi) is 7.23. The second-order valence-electron chi connectivity index (χ2n) is 7.45. The van der Waals surface area contributed by atoms with E-state index in [9.17, 15) is 0 Å². The number of halogens is 1. The zero-order valence-corrected chi connectivity index (χ0v) is 15.3. The molecule has 0 heterocycles. The van der Waals surface area contributed by atoms with Crippen LogP contribution in [0.15, 0.2) is 18.2 Å². The first-order valence-corrected chi connectivity index (χ1v) is 8.60. The van der Waals surface area contributed by atoms with E-state index in [4.69, 9.17) is 11.6 Å². The molecule has 2 atom stereocenters. The van der Waals surface area contributed by atoms with Crippen LogP contribution in [0.4, 0.5) is 0 Å². The first-order valence-electron chi connectivity index (χ1n) is 8.22. The minimum absolute atomic E-state index is 0.350. The third kappa shape index (κ3) is 6.40. The summed E-state index contributed by atoms with van der Waals surface area (Å²) in [4.78, 5) is 0. The molecule has 0 fully saturated rings. The SMILES string of the molecule is CCCNC(Cc1ccc(C)cc1Cl)CC(C)C(C)(C)C. The lowest BCUT2D eigenvalue weighted by Crippen LogP contribution is -2.36. The Morgan fingerprint density at radius 2 is 1.90 bits per heavy atom. The van der Waals surface area contributed by atoms with Gasteiger partial charge in [0.1, 0.15) is 0 Å². The molecule has 0 amide bonds. The number of nitrogens with one attached hydrogen (secondary N) is 1. The summed E-state index contributed by atoms with van der Waals surface area (Å²) in [5.41, 5.74) is 2.84. The zero-order valence-electron chi connectivity index (χ0n) is 14.6. The van der Waals surface area contributed by atoms with Gasteiger partial charge < -0.3 is 5.32 Å². The van der Waals surface area contributed by atoms with Gasteiger partial charge in [-0.3, -0.25) is 0 Å². The quantitative estimate of drug-likeness (QED) is 0.688. The summed E-state index contributed by atoms with van der Waals surface area (Å²) in [6.45, 7) is 14.7. The van der Waals surface area contributed by atoms with E-state index in [1.54, 1.807) is 0 Å². The highest BCUT2D eigenvalue weighted by Crippen LogP contribution is 2.30. The standard InChI is InChI=1S/C19H32ClN/c1-7-10-21-17(12-15(3)19(4,5)6)13-16-9-8-14(2)11-18(16)20/h8-9,11,15,17,21H,7,10,12-13H2,1-6H3. The van der Waals surface area contributed by atoms with Crippen molar-refractivity contribution >= 4 is 11.6 Å². The van der Waals surface area contributed by atoms with Crippen LogP contribution >= 0.6 is 11.6 Å². The van der Waals surface area contributed by atoms with Gasteiger partial charge in [-0.25, -0.2) is 0 Å².